The molecule has 0 radical (unpaired) electrons. The maximum absolute atomic E-state index is 8.88. The van der Waals surface area contributed by atoms with E-state index < -0.39 is 7.82 Å². The molecule has 0 amide bonds. The van der Waals surface area contributed by atoms with E-state index >= 15 is 0 Å². The van der Waals surface area contributed by atoms with Crippen molar-refractivity contribution in [3.05, 3.63) is 0 Å². The molecule has 0 rings (SSSR count). The predicted molar refractivity (Wildman–Crippen MR) is 61.8 cm³/mol. The van der Waals surface area contributed by atoms with Gasteiger partial charge in [0.15, 0.2) is 0 Å². The predicted octanol–water partition coefficient (Wildman–Crippen LogP) is 2.24. The molecule has 0 heterocycles. The first-order valence-corrected chi connectivity index (χ1v) is 2.35. The number of phosphoric acid groups is 1. The Bertz CT molecular complexity index is 65.7. The summed E-state index contributed by atoms with van der Waals surface area (Å²) < 4.78 is 8.88. The van der Waals surface area contributed by atoms with Gasteiger partial charge in [0.1, 0.15) is 0 Å². The molecule has 3 N–H and O–H groups in total. The molecule has 82 valence electrons. The van der Waals surface area contributed by atoms with Gasteiger partial charge in [-0.1, -0.05) is 44.6 Å². The summed E-state index contributed by atoms with van der Waals surface area (Å²) in [6, 6.07) is 0. The van der Waals surface area contributed by atoms with Crippen LogP contribution in [0.25, 0.3) is 0 Å². The zero-order valence-corrected chi connectivity index (χ0v) is 3.09. The third kappa shape index (κ3) is 445. The molecule has 4 nitrogen and oxygen atoms in total. The van der Waals surface area contributed by atoms with Crippen molar-refractivity contribution in [3.8, 4) is 0 Å². The fourth-order valence-electron chi connectivity index (χ4n) is 0. The number of hydrogen-bond acceptors (Lipinski definition) is 1. The second-order valence-corrected chi connectivity index (χ2v) is 1.54. The van der Waals surface area contributed by atoms with Gasteiger partial charge in [0.05, 0.1) is 0 Å². The molecule has 0 aromatic heterocycles. The summed E-state index contributed by atoms with van der Waals surface area (Å²) in [6.07, 6.45) is 0. The first-order valence-electron chi connectivity index (χ1n) is 0.783. The molecule has 0 saturated carbocycles. The average molecular weight is 234 g/mol. The van der Waals surface area contributed by atoms with Crippen molar-refractivity contribution in [2.24, 2.45) is 0 Å². The van der Waals surface area contributed by atoms with Crippen LogP contribution < -0.4 is 0 Å². The van der Waals surface area contributed by atoms with E-state index in [2.05, 4.69) is 0 Å². The van der Waals surface area contributed by atoms with Crippen LogP contribution in [0.15, 0.2) is 0 Å². The fourth-order valence-corrected chi connectivity index (χ4v) is 0. The molecule has 0 bridgehead atoms. The van der Waals surface area contributed by atoms with Crippen LogP contribution in [-0.2, 0) is 4.57 Å². The minimum atomic E-state index is -4.64. The van der Waals surface area contributed by atoms with Gasteiger partial charge in [-0.2, -0.15) is 0 Å². The molecule has 0 aliphatic carbocycles. The van der Waals surface area contributed by atoms with E-state index in [0.29, 0.717) is 0 Å². The normalized spacial score (nSPS) is 4.92. The van der Waals surface area contributed by atoms with Gasteiger partial charge in [-0.3, -0.25) is 0 Å². The van der Waals surface area contributed by atoms with Crippen molar-refractivity contribution in [2.45, 2.75) is 44.6 Å². The molecular weight excluding hydrogens is 206 g/mol. The maximum atomic E-state index is 8.88. The van der Waals surface area contributed by atoms with E-state index in [0.717, 1.165) is 0 Å². The van der Waals surface area contributed by atoms with Gasteiger partial charge in [-0.05, 0) is 0 Å². The molecule has 0 atom stereocenters. The summed E-state index contributed by atoms with van der Waals surface area (Å²) in [5.41, 5.74) is 0. The summed E-state index contributed by atoms with van der Waals surface area (Å²) >= 11 is 0. The van der Waals surface area contributed by atoms with Crippen LogP contribution in [0.4, 0.5) is 0 Å². The van der Waals surface area contributed by atoms with Gasteiger partial charge < -0.3 is 14.7 Å². The SMILES string of the molecule is C.C.C.C.C.C.O=P(O)(O)O.[KH]. The molecule has 0 aliphatic rings. The van der Waals surface area contributed by atoms with Gasteiger partial charge in [0, 0.05) is 0 Å². The van der Waals surface area contributed by atoms with Crippen LogP contribution in [-0.4, -0.2) is 66.1 Å². The summed E-state index contributed by atoms with van der Waals surface area (Å²) in [5, 5.41) is 0. The summed E-state index contributed by atoms with van der Waals surface area (Å²) in [5.74, 6) is 0. The van der Waals surface area contributed by atoms with E-state index in [4.69, 9.17) is 19.2 Å². The Labute approximate surface area is 121 Å². The second-order valence-electron chi connectivity index (χ2n) is 0.513. The molecule has 0 aliphatic heterocycles. The van der Waals surface area contributed by atoms with Crippen LogP contribution in [0.5, 0.6) is 0 Å². The van der Waals surface area contributed by atoms with Crippen LogP contribution in [0.1, 0.15) is 44.6 Å². The van der Waals surface area contributed by atoms with Crippen molar-refractivity contribution in [3.63, 3.8) is 0 Å². The molecule has 0 fully saturated rings. The first kappa shape index (κ1) is 67.6. The number of rotatable bonds is 0. The van der Waals surface area contributed by atoms with Gasteiger partial charge in [0.2, 0.25) is 0 Å². The van der Waals surface area contributed by atoms with E-state index in [1.165, 1.54) is 0 Å². The van der Waals surface area contributed by atoms with Crippen molar-refractivity contribution < 1.29 is 19.2 Å². The quantitative estimate of drug-likeness (QED) is 0.444. The second kappa shape index (κ2) is 29.3. The van der Waals surface area contributed by atoms with E-state index in [-0.39, 0.29) is 95.9 Å². The Kier molecular flexibility index (Phi) is 165. The molecule has 0 saturated heterocycles. The molecule has 6 heteroatoms. The Morgan fingerprint density at radius 1 is 0.667 bits per heavy atom. The van der Waals surface area contributed by atoms with Crippen LogP contribution in [0, 0.1) is 0 Å². The third-order valence-corrected chi connectivity index (χ3v) is 0. The molecule has 0 unspecified atom stereocenters. The van der Waals surface area contributed by atoms with Crippen molar-refractivity contribution in [1.29, 1.82) is 0 Å². The minimum absolute atomic E-state index is 0. The molecule has 0 aromatic rings. The van der Waals surface area contributed by atoms with Gasteiger partial charge >= 0.3 is 59.2 Å². The summed E-state index contributed by atoms with van der Waals surface area (Å²) in [7, 11) is -4.64. The Balaban J connectivity index is -0.00000000381. The fraction of sp³-hybridized carbons (Fsp3) is 1.00. The first-order chi connectivity index (χ1) is 2.00. The Morgan fingerprint density at radius 2 is 0.667 bits per heavy atom. The van der Waals surface area contributed by atoms with Crippen molar-refractivity contribution in [2.75, 3.05) is 0 Å². The van der Waals surface area contributed by atoms with E-state index in [1.54, 1.807) is 0 Å². The van der Waals surface area contributed by atoms with Crippen molar-refractivity contribution >= 4 is 59.2 Å². The zero-order valence-electron chi connectivity index (χ0n) is 2.20. The van der Waals surface area contributed by atoms with Crippen molar-refractivity contribution in [1.82, 2.24) is 0 Å². The number of hydrogen-bond donors (Lipinski definition) is 3. The van der Waals surface area contributed by atoms with Crippen LogP contribution in [0.3, 0.4) is 0 Å². The zero-order chi connectivity index (χ0) is 4.50. The topological polar surface area (TPSA) is 77.8 Å². The van der Waals surface area contributed by atoms with Gasteiger partial charge in [-0.15, -0.1) is 0 Å². The van der Waals surface area contributed by atoms with Gasteiger partial charge in [0.25, 0.3) is 0 Å². The molecule has 0 aromatic carbocycles. The van der Waals surface area contributed by atoms with E-state index in [1.807, 2.05) is 0 Å². The Hall–Kier alpha value is 1.75. The van der Waals surface area contributed by atoms with E-state index in [9.17, 15) is 0 Å². The Morgan fingerprint density at radius 3 is 0.667 bits per heavy atom. The molecule has 12 heavy (non-hydrogen) atoms. The molecule has 0 spiro atoms. The van der Waals surface area contributed by atoms with Crippen LogP contribution in [0.2, 0.25) is 0 Å². The average Bonchev–Trinajstić information content (AvgIpc) is 0.722. The van der Waals surface area contributed by atoms with Gasteiger partial charge in [-0.25, -0.2) is 4.57 Å². The van der Waals surface area contributed by atoms with Crippen LogP contribution >= 0.6 is 7.82 Å². The monoisotopic (exact) mass is 234 g/mol. The summed E-state index contributed by atoms with van der Waals surface area (Å²) in [4.78, 5) is 21.6. The summed E-state index contributed by atoms with van der Waals surface area (Å²) in [6.45, 7) is 0. The third-order valence-electron chi connectivity index (χ3n) is 0. The molecular formula is C6H28KO4P. The standard InChI is InChI=1S/6CH4.K.H3O4P.H/c;;;;;;;1-5(2,3)4;/h6*1H4;;(H3,1,2,3,4);.